The molecular formula is C22H27NO4. The number of ether oxygens (including phenoxy) is 2. The molecule has 1 amide bonds. The van der Waals surface area contributed by atoms with Gasteiger partial charge in [0.25, 0.3) is 5.91 Å². The highest BCUT2D eigenvalue weighted by molar-refractivity contribution is 5.96. The van der Waals surface area contributed by atoms with Crippen molar-refractivity contribution in [2.45, 2.75) is 46.6 Å². The van der Waals surface area contributed by atoms with E-state index < -0.39 is 6.10 Å². The van der Waals surface area contributed by atoms with Crippen molar-refractivity contribution in [3.63, 3.8) is 0 Å². The summed E-state index contributed by atoms with van der Waals surface area (Å²) in [5.41, 5.74) is 3.12. The van der Waals surface area contributed by atoms with Crippen LogP contribution < -0.4 is 10.1 Å². The number of carbonyl (C=O) groups excluding carboxylic acids is 2. The second kappa shape index (κ2) is 9.76. The molecule has 0 fully saturated rings. The van der Waals surface area contributed by atoms with Crippen LogP contribution in [0.3, 0.4) is 0 Å². The van der Waals surface area contributed by atoms with Crippen molar-refractivity contribution in [3.8, 4) is 5.75 Å². The molecule has 0 bridgehead atoms. The van der Waals surface area contributed by atoms with Crippen molar-refractivity contribution in [1.29, 1.82) is 0 Å². The second-order valence-electron chi connectivity index (χ2n) is 6.25. The minimum Gasteiger partial charge on any atom is -0.481 e. The lowest BCUT2D eigenvalue weighted by Crippen LogP contribution is -2.32. The van der Waals surface area contributed by atoms with Crippen LogP contribution >= 0.6 is 0 Å². The first kappa shape index (κ1) is 20.5. The number of nitrogens with one attached hydrogen (secondary N) is 1. The Hall–Kier alpha value is -2.82. The highest BCUT2D eigenvalue weighted by Gasteiger charge is 2.19. The van der Waals surface area contributed by atoms with E-state index in [1.54, 1.807) is 25.1 Å². The van der Waals surface area contributed by atoms with Gasteiger partial charge in [0.1, 0.15) is 5.75 Å². The Labute approximate surface area is 160 Å². The van der Waals surface area contributed by atoms with Crippen molar-refractivity contribution in [2.24, 2.45) is 0 Å². The fraction of sp³-hybridized carbons (Fsp3) is 0.364. The van der Waals surface area contributed by atoms with Gasteiger partial charge >= 0.3 is 5.97 Å². The molecule has 0 radical (unpaired) electrons. The molecule has 0 aliphatic heterocycles. The number of aryl methyl sites for hydroxylation is 2. The van der Waals surface area contributed by atoms with Crippen molar-refractivity contribution < 1.29 is 19.1 Å². The Balaban J connectivity index is 2.06. The Morgan fingerprint density at radius 2 is 1.74 bits per heavy atom. The van der Waals surface area contributed by atoms with Gasteiger partial charge in [-0.15, -0.1) is 0 Å². The van der Waals surface area contributed by atoms with Crippen molar-refractivity contribution in [3.05, 3.63) is 59.2 Å². The molecule has 1 atom stereocenters. The van der Waals surface area contributed by atoms with Crippen LogP contribution in [-0.4, -0.2) is 24.6 Å². The molecule has 0 saturated heterocycles. The van der Waals surface area contributed by atoms with Crippen LogP contribution in [0, 0.1) is 6.92 Å². The largest absolute Gasteiger partial charge is 0.481 e. The Morgan fingerprint density at radius 1 is 1.04 bits per heavy atom. The second-order valence-corrected chi connectivity index (χ2v) is 6.25. The molecule has 0 aromatic heterocycles. The molecule has 2 aromatic rings. The van der Waals surface area contributed by atoms with Crippen molar-refractivity contribution >= 4 is 17.6 Å². The van der Waals surface area contributed by atoms with E-state index in [0.717, 1.165) is 12.0 Å². The lowest BCUT2D eigenvalue weighted by molar-refractivity contribution is -0.122. The molecule has 5 nitrogen and oxygen atoms in total. The third kappa shape index (κ3) is 5.58. The summed E-state index contributed by atoms with van der Waals surface area (Å²) in [5.74, 6) is 0.0800. The Morgan fingerprint density at radius 3 is 2.30 bits per heavy atom. The third-order valence-corrected chi connectivity index (χ3v) is 4.27. The minimum atomic E-state index is -0.596. The van der Waals surface area contributed by atoms with Crippen LogP contribution in [0.5, 0.6) is 5.75 Å². The van der Waals surface area contributed by atoms with Crippen LogP contribution in [0.25, 0.3) is 0 Å². The van der Waals surface area contributed by atoms with Crippen LogP contribution in [0.15, 0.2) is 42.5 Å². The smallest absolute Gasteiger partial charge is 0.338 e. The molecule has 2 rings (SSSR count). The van der Waals surface area contributed by atoms with Crippen molar-refractivity contribution in [2.75, 3.05) is 11.9 Å². The number of hydrogen-bond acceptors (Lipinski definition) is 4. The molecule has 5 heteroatoms. The summed E-state index contributed by atoms with van der Waals surface area (Å²) >= 11 is 0. The quantitative estimate of drug-likeness (QED) is 0.694. The SMILES string of the molecule is CCOC(=O)c1ccc(NC(=O)[C@H](CC)Oc2ccc(CC)cc2)c(C)c1. The lowest BCUT2D eigenvalue weighted by atomic mass is 10.1. The van der Waals surface area contributed by atoms with Gasteiger partial charge in [0.2, 0.25) is 0 Å². The number of benzene rings is 2. The summed E-state index contributed by atoms with van der Waals surface area (Å²) in [6.45, 7) is 7.92. The highest BCUT2D eigenvalue weighted by Crippen LogP contribution is 2.20. The maximum absolute atomic E-state index is 12.6. The zero-order chi connectivity index (χ0) is 19.8. The van der Waals surface area contributed by atoms with Gasteiger partial charge in [-0.05, 0) is 68.1 Å². The number of amides is 1. The summed E-state index contributed by atoms with van der Waals surface area (Å²) in [7, 11) is 0. The van der Waals surface area contributed by atoms with Crippen molar-refractivity contribution in [1.82, 2.24) is 0 Å². The van der Waals surface area contributed by atoms with Gasteiger partial charge in [0, 0.05) is 5.69 Å². The summed E-state index contributed by atoms with van der Waals surface area (Å²) in [6.07, 6.45) is 0.905. The predicted molar refractivity (Wildman–Crippen MR) is 106 cm³/mol. The lowest BCUT2D eigenvalue weighted by Gasteiger charge is -2.18. The molecule has 0 spiro atoms. The fourth-order valence-corrected chi connectivity index (χ4v) is 2.65. The standard InChI is InChI=1S/C22H27NO4/c1-5-16-8-11-18(12-9-16)27-20(6-2)21(24)23-19-13-10-17(14-15(19)4)22(25)26-7-3/h8-14,20H,5-7H2,1-4H3,(H,23,24)/t20-/m0/s1. The van der Waals surface area contributed by atoms with Gasteiger partial charge in [0.15, 0.2) is 6.10 Å². The molecule has 0 aliphatic rings. The van der Waals surface area contributed by atoms with E-state index in [1.807, 2.05) is 38.1 Å². The first-order chi connectivity index (χ1) is 13.0. The van der Waals surface area contributed by atoms with E-state index in [0.29, 0.717) is 30.0 Å². The molecule has 1 N–H and O–H groups in total. The minimum absolute atomic E-state index is 0.218. The molecule has 2 aromatic carbocycles. The summed E-state index contributed by atoms with van der Waals surface area (Å²) in [6, 6.07) is 12.8. The zero-order valence-corrected chi connectivity index (χ0v) is 16.4. The van der Waals surface area contributed by atoms with E-state index in [9.17, 15) is 9.59 Å². The average Bonchev–Trinajstić information content (AvgIpc) is 2.68. The Bertz CT molecular complexity index is 783. The van der Waals surface area contributed by atoms with E-state index in [1.165, 1.54) is 5.56 Å². The first-order valence-electron chi connectivity index (χ1n) is 9.32. The number of anilines is 1. The van der Waals surface area contributed by atoms with Gasteiger partial charge in [-0.25, -0.2) is 4.79 Å². The summed E-state index contributed by atoms with van der Waals surface area (Å²) in [4.78, 5) is 24.4. The average molecular weight is 369 g/mol. The Kier molecular flexibility index (Phi) is 7.41. The van der Waals surface area contributed by atoms with Crippen LogP contribution in [0.2, 0.25) is 0 Å². The third-order valence-electron chi connectivity index (χ3n) is 4.27. The van der Waals surface area contributed by atoms with E-state index in [4.69, 9.17) is 9.47 Å². The molecule has 0 saturated carbocycles. The van der Waals surface area contributed by atoms with Gasteiger partial charge < -0.3 is 14.8 Å². The normalized spacial score (nSPS) is 11.6. The van der Waals surface area contributed by atoms with Crippen LogP contribution in [0.1, 0.15) is 48.7 Å². The molecule has 0 unspecified atom stereocenters. The number of hydrogen-bond donors (Lipinski definition) is 1. The molecule has 27 heavy (non-hydrogen) atoms. The molecule has 0 aliphatic carbocycles. The van der Waals surface area contributed by atoms with E-state index in [2.05, 4.69) is 12.2 Å². The van der Waals surface area contributed by atoms with Crippen LogP contribution in [-0.2, 0) is 16.0 Å². The maximum Gasteiger partial charge on any atom is 0.338 e. The maximum atomic E-state index is 12.6. The topological polar surface area (TPSA) is 64.6 Å². The van der Waals surface area contributed by atoms with E-state index in [-0.39, 0.29) is 11.9 Å². The predicted octanol–water partition coefficient (Wildman–Crippen LogP) is 4.53. The summed E-state index contributed by atoms with van der Waals surface area (Å²) < 4.78 is 10.8. The van der Waals surface area contributed by atoms with Crippen LogP contribution in [0.4, 0.5) is 5.69 Å². The van der Waals surface area contributed by atoms with Gasteiger partial charge in [-0.1, -0.05) is 26.0 Å². The zero-order valence-electron chi connectivity index (χ0n) is 16.4. The number of rotatable bonds is 8. The summed E-state index contributed by atoms with van der Waals surface area (Å²) in [5, 5.41) is 2.89. The fourth-order valence-electron chi connectivity index (χ4n) is 2.65. The van der Waals surface area contributed by atoms with Gasteiger partial charge in [0.05, 0.1) is 12.2 Å². The molecule has 0 heterocycles. The van der Waals surface area contributed by atoms with Gasteiger partial charge in [-0.3, -0.25) is 4.79 Å². The van der Waals surface area contributed by atoms with E-state index >= 15 is 0 Å². The van der Waals surface area contributed by atoms with Gasteiger partial charge in [-0.2, -0.15) is 0 Å². The number of esters is 1. The highest BCUT2D eigenvalue weighted by atomic mass is 16.5. The number of carbonyl (C=O) groups is 2. The first-order valence-corrected chi connectivity index (χ1v) is 9.32. The monoisotopic (exact) mass is 369 g/mol. The molecular weight excluding hydrogens is 342 g/mol. The molecule has 144 valence electrons.